The van der Waals surface area contributed by atoms with Gasteiger partial charge in [-0.25, -0.2) is 0 Å². The molecule has 0 aliphatic carbocycles. The lowest BCUT2D eigenvalue weighted by molar-refractivity contribution is 0.546. The molecule has 2 nitrogen and oxygen atoms in total. The van der Waals surface area contributed by atoms with E-state index in [0.29, 0.717) is 6.42 Å². The molecule has 1 heterocycles. The Morgan fingerprint density at radius 2 is 1.73 bits per heavy atom. The molecule has 1 unspecified atom stereocenters. The lowest BCUT2D eigenvalue weighted by atomic mass is 10.2. The van der Waals surface area contributed by atoms with Crippen LogP contribution in [0.25, 0.3) is 0 Å². The molecule has 0 bridgehead atoms. The zero-order valence-electron chi connectivity index (χ0n) is 10.2. The monoisotopic (exact) mass is 236 g/mol. The first-order valence-corrected chi connectivity index (χ1v) is 11.8. The van der Waals surface area contributed by atoms with E-state index in [0.717, 1.165) is 0 Å². The van der Waals surface area contributed by atoms with Crippen LogP contribution in [-0.4, -0.2) is 26.7 Å². The number of nitrogens with zero attached hydrogens (tertiary/aromatic N) is 2. The van der Waals surface area contributed by atoms with E-state index < -0.39 is 16.5 Å². The molecule has 0 saturated carbocycles. The minimum atomic E-state index is -1.32. The topological polar surface area (TPSA) is 27.0 Å². The highest BCUT2D eigenvalue weighted by Crippen LogP contribution is 2.38. The van der Waals surface area contributed by atoms with Crippen molar-refractivity contribution in [1.29, 1.82) is 5.26 Å². The third kappa shape index (κ3) is 2.34. The van der Waals surface area contributed by atoms with E-state index in [1.165, 1.54) is 12.1 Å². The fourth-order valence-electron chi connectivity index (χ4n) is 2.83. The van der Waals surface area contributed by atoms with Gasteiger partial charge < -0.3 is 4.23 Å². The quantitative estimate of drug-likeness (QED) is 0.544. The molecule has 0 radical (unpaired) electrons. The van der Waals surface area contributed by atoms with E-state index in [-0.39, 0.29) is 6.04 Å². The summed E-state index contributed by atoms with van der Waals surface area (Å²) in [6.07, 6.45) is 6.07. The van der Waals surface area contributed by atoms with Crippen molar-refractivity contribution in [2.24, 2.45) is 0 Å². The van der Waals surface area contributed by atoms with Gasteiger partial charge in [-0.2, -0.15) is 5.26 Å². The minimum Gasteiger partial charge on any atom is -0.332 e. The Hall–Kier alpha value is -0.556. The fourth-order valence-corrected chi connectivity index (χ4v) is 17.4. The molecule has 0 amide bonds. The number of hydrogen-bond donors (Lipinski definition) is 0. The van der Waals surface area contributed by atoms with Gasteiger partial charge in [0.1, 0.15) is 16.5 Å². The van der Waals surface area contributed by atoms with Crippen molar-refractivity contribution in [3.8, 4) is 18.4 Å². The average molecular weight is 236 g/mol. The molecular formula is C11H20N2Si2. The summed E-state index contributed by atoms with van der Waals surface area (Å²) in [6, 6.07) is 4.99. The largest absolute Gasteiger partial charge is 0.332 e. The molecule has 1 aliphatic rings. The van der Waals surface area contributed by atoms with Crippen LogP contribution in [0.15, 0.2) is 0 Å². The molecule has 0 aromatic carbocycles. The van der Waals surface area contributed by atoms with Gasteiger partial charge in [0.25, 0.3) is 0 Å². The van der Waals surface area contributed by atoms with Gasteiger partial charge in [-0.3, -0.25) is 0 Å². The smallest absolute Gasteiger partial charge is 0.116 e. The van der Waals surface area contributed by atoms with Crippen LogP contribution in [0, 0.1) is 23.7 Å². The first kappa shape index (κ1) is 12.5. The predicted molar refractivity (Wildman–Crippen MR) is 69.3 cm³/mol. The normalized spacial score (nSPS) is 25.5. The Labute approximate surface area is 95.5 Å². The van der Waals surface area contributed by atoms with Crippen LogP contribution in [-0.2, 0) is 0 Å². The van der Waals surface area contributed by atoms with E-state index in [9.17, 15) is 0 Å². The summed E-state index contributed by atoms with van der Waals surface area (Å²) in [4.78, 5) is 0. The molecule has 0 spiro atoms. The van der Waals surface area contributed by atoms with Crippen molar-refractivity contribution >= 4 is 16.5 Å². The predicted octanol–water partition coefficient (Wildman–Crippen LogP) is 2.63. The summed E-state index contributed by atoms with van der Waals surface area (Å²) < 4.78 is 2.61. The van der Waals surface area contributed by atoms with Crippen LogP contribution in [0.3, 0.4) is 0 Å². The minimum absolute atomic E-state index is 0.0702. The fraction of sp³-hybridized carbons (Fsp3) is 0.727. The van der Waals surface area contributed by atoms with E-state index in [4.69, 9.17) is 11.7 Å². The van der Waals surface area contributed by atoms with Gasteiger partial charge in [0.05, 0.1) is 18.5 Å². The van der Waals surface area contributed by atoms with E-state index in [1.54, 1.807) is 0 Å². The lowest BCUT2D eigenvalue weighted by Crippen LogP contribution is -2.59. The van der Waals surface area contributed by atoms with Gasteiger partial charge in [0, 0.05) is 0 Å². The molecule has 1 fully saturated rings. The highest BCUT2D eigenvalue weighted by atomic mass is 28.4. The Balaban J connectivity index is 2.99. The lowest BCUT2D eigenvalue weighted by Gasteiger charge is -2.42. The van der Waals surface area contributed by atoms with Crippen LogP contribution in [0.1, 0.15) is 6.42 Å². The van der Waals surface area contributed by atoms with Crippen LogP contribution in [0.4, 0.5) is 0 Å². The second-order valence-electron chi connectivity index (χ2n) is 5.54. The van der Waals surface area contributed by atoms with Gasteiger partial charge in [-0.1, -0.05) is 32.1 Å². The van der Waals surface area contributed by atoms with Crippen molar-refractivity contribution in [2.45, 2.75) is 50.7 Å². The maximum Gasteiger partial charge on any atom is 0.116 e. The molecule has 0 N–H and O–H groups in total. The molecule has 0 aromatic heterocycles. The van der Waals surface area contributed by atoms with Crippen LogP contribution >= 0.6 is 0 Å². The molecule has 1 rings (SSSR count). The first-order valence-electron chi connectivity index (χ1n) is 5.48. The highest BCUT2D eigenvalue weighted by molar-refractivity contribution is 6.95. The van der Waals surface area contributed by atoms with Crippen LogP contribution < -0.4 is 0 Å². The van der Waals surface area contributed by atoms with E-state index in [1.807, 2.05) is 0 Å². The maximum atomic E-state index is 8.83. The standard InChI is InChI=1S/C11H20N2Si2/c1-6-11(7-8-12)13-14(2,3)9-10-15(13,4)5/h1,11H,7,9-10H2,2-5H3. The van der Waals surface area contributed by atoms with Crippen molar-refractivity contribution < 1.29 is 0 Å². The van der Waals surface area contributed by atoms with Crippen molar-refractivity contribution in [1.82, 2.24) is 4.23 Å². The summed E-state index contributed by atoms with van der Waals surface area (Å²) in [5.41, 5.74) is 0. The highest BCUT2D eigenvalue weighted by Gasteiger charge is 2.49. The van der Waals surface area contributed by atoms with Gasteiger partial charge in [-0.05, 0) is 12.1 Å². The molecule has 15 heavy (non-hydrogen) atoms. The third-order valence-corrected chi connectivity index (χ3v) is 13.8. The van der Waals surface area contributed by atoms with E-state index in [2.05, 4.69) is 42.4 Å². The zero-order valence-corrected chi connectivity index (χ0v) is 12.2. The van der Waals surface area contributed by atoms with Crippen LogP contribution in [0.5, 0.6) is 0 Å². The zero-order chi connectivity index (χ0) is 11.7. The summed E-state index contributed by atoms with van der Waals surface area (Å²) in [5, 5.41) is 8.83. The summed E-state index contributed by atoms with van der Waals surface area (Å²) in [5.74, 6) is 2.83. The van der Waals surface area contributed by atoms with Crippen molar-refractivity contribution in [3.63, 3.8) is 0 Å². The Bertz CT molecular complexity index is 306. The molecule has 4 heteroatoms. The number of nitriles is 1. The van der Waals surface area contributed by atoms with Crippen LogP contribution in [0.2, 0.25) is 38.3 Å². The second kappa shape index (κ2) is 4.13. The summed E-state index contributed by atoms with van der Waals surface area (Å²) in [7, 11) is -2.65. The van der Waals surface area contributed by atoms with Crippen molar-refractivity contribution in [2.75, 3.05) is 0 Å². The molecule has 1 aliphatic heterocycles. The SMILES string of the molecule is C#CC(CC#N)N1[Si](C)(C)CC[Si]1(C)C. The maximum absolute atomic E-state index is 8.83. The molecule has 1 saturated heterocycles. The van der Waals surface area contributed by atoms with Gasteiger partial charge in [0.2, 0.25) is 0 Å². The van der Waals surface area contributed by atoms with Crippen molar-refractivity contribution in [3.05, 3.63) is 0 Å². The number of rotatable bonds is 2. The Kier molecular flexibility index (Phi) is 3.45. The number of hydrogen-bond acceptors (Lipinski definition) is 2. The Morgan fingerprint density at radius 1 is 1.27 bits per heavy atom. The summed E-state index contributed by atoms with van der Waals surface area (Å²) in [6.45, 7) is 9.54. The first-order chi connectivity index (χ1) is 6.85. The van der Waals surface area contributed by atoms with Gasteiger partial charge in [-0.15, -0.1) is 6.42 Å². The van der Waals surface area contributed by atoms with E-state index >= 15 is 0 Å². The molecule has 82 valence electrons. The van der Waals surface area contributed by atoms with Gasteiger partial charge >= 0.3 is 0 Å². The van der Waals surface area contributed by atoms with Gasteiger partial charge in [0.15, 0.2) is 0 Å². The Morgan fingerprint density at radius 3 is 2.07 bits per heavy atom. The summed E-state index contributed by atoms with van der Waals surface area (Å²) >= 11 is 0. The third-order valence-electron chi connectivity index (χ3n) is 3.44. The second-order valence-corrected chi connectivity index (χ2v) is 15.2. The molecular weight excluding hydrogens is 216 g/mol. The molecule has 0 aromatic rings. The molecule has 1 atom stereocenters. The number of terminal acetylenes is 1. The average Bonchev–Trinajstić information content (AvgIpc) is 2.34.